The van der Waals surface area contributed by atoms with Gasteiger partial charge in [-0.05, 0) is 30.5 Å². The van der Waals surface area contributed by atoms with Gasteiger partial charge in [-0.2, -0.15) is 0 Å². The van der Waals surface area contributed by atoms with Gasteiger partial charge in [-0.25, -0.2) is 0 Å². The molecule has 0 bridgehead atoms. The third-order valence-corrected chi connectivity index (χ3v) is 3.52. The van der Waals surface area contributed by atoms with Gasteiger partial charge in [0.05, 0.1) is 12.3 Å². The number of para-hydroxylation sites is 2. The van der Waals surface area contributed by atoms with Gasteiger partial charge in [0.25, 0.3) is 0 Å². The first kappa shape index (κ1) is 12.9. The highest BCUT2D eigenvalue weighted by molar-refractivity contribution is 7.10. The SMILES string of the molecule is CCOc1ccccc1NCC(O)c1cccs1. The molecule has 0 spiro atoms. The molecule has 0 aliphatic carbocycles. The first-order chi connectivity index (χ1) is 8.81. The van der Waals surface area contributed by atoms with E-state index in [-0.39, 0.29) is 0 Å². The molecule has 0 aliphatic rings. The summed E-state index contributed by atoms with van der Waals surface area (Å²) < 4.78 is 5.52. The van der Waals surface area contributed by atoms with Crippen molar-refractivity contribution in [3.05, 3.63) is 46.7 Å². The quantitative estimate of drug-likeness (QED) is 0.840. The predicted octanol–water partition coefficient (Wildman–Crippen LogP) is 3.29. The smallest absolute Gasteiger partial charge is 0.142 e. The number of nitrogens with one attached hydrogen (secondary N) is 1. The Labute approximate surface area is 111 Å². The zero-order chi connectivity index (χ0) is 12.8. The molecule has 2 rings (SSSR count). The summed E-state index contributed by atoms with van der Waals surface area (Å²) in [5.41, 5.74) is 0.912. The monoisotopic (exact) mass is 263 g/mol. The highest BCUT2D eigenvalue weighted by Gasteiger charge is 2.09. The Bertz CT molecular complexity index is 470. The van der Waals surface area contributed by atoms with Crippen LogP contribution in [0.15, 0.2) is 41.8 Å². The number of aliphatic hydroxyl groups is 1. The summed E-state index contributed by atoms with van der Waals surface area (Å²) in [6.07, 6.45) is -0.486. The fraction of sp³-hybridized carbons (Fsp3) is 0.286. The van der Waals surface area contributed by atoms with Gasteiger partial charge in [0.15, 0.2) is 0 Å². The second kappa shape index (κ2) is 6.42. The second-order valence-electron chi connectivity index (χ2n) is 3.84. The van der Waals surface area contributed by atoms with Gasteiger partial charge in [0.1, 0.15) is 11.9 Å². The van der Waals surface area contributed by atoms with Crippen molar-refractivity contribution in [3.8, 4) is 5.75 Å². The molecule has 3 nitrogen and oxygen atoms in total. The van der Waals surface area contributed by atoms with Crippen LogP contribution in [0.1, 0.15) is 17.9 Å². The fourth-order valence-corrected chi connectivity index (χ4v) is 2.39. The van der Waals surface area contributed by atoms with Crippen molar-refractivity contribution >= 4 is 17.0 Å². The summed E-state index contributed by atoms with van der Waals surface area (Å²) >= 11 is 1.56. The van der Waals surface area contributed by atoms with E-state index in [0.29, 0.717) is 13.2 Å². The number of rotatable bonds is 6. The average molecular weight is 263 g/mol. The summed E-state index contributed by atoms with van der Waals surface area (Å²) in [4.78, 5) is 0.969. The van der Waals surface area contributed by atoms with Crippen molar-refractivity contribution in [2.75, 3.05) is 18.5 Å². The van der Waals surface area contributed by atoms with Crippen LogP contribution in [0.3, 0.4) is 0 Å². The molecule has 1 aromatic carbocycles. The number of anilines is 1. The Balaban J connectivity index is 1.97. The van der Waals surface area contributed by atoms with Crippen LogP contribution in [0.2, 0.25) is 0 Å². The van der Waals surface area contributed by atoms with Crippen LogP contribution in [0.25, 0.3) is 0 Å². The molecule has 0 amide bonds. The van der Waals surface area contributed by atoms with E-state index in [1.807, 2.05) is 48.7 Å². The van der Waals surface area contributed by atoms with E-state index in [2.05, 4.69) is 5.32 Å². The van der Waals surface area contributed by atoms with E-state index in [0.717, 1.165) is 16.3 Å². The zero-order valence-electron chi connectivity index (χ0n) is 10.3. The van der Waals surface area contributed by atoms with Crippen LogP contribution in [0, 0.1) is 0 Å². The summed E-state index contributed by atoms with van der Waals surface area (Å²) in [5, 5.41) is 15.2. The van der Waals surface area contributed by atoms with Gasteiger partial charge in [-0.15, -0.1) is 11.3 Å². The van der Waals surface area contributed by atoms with Crippen molar-refractivity contribution in [1.29, 1.82) is 0 Å². The van der Waals surface area contributed by atoms with Crippen LogP contribution < -0.4 is 10.1 Å². The Morgan fingerprint density at radius 3 is 2.83 bits per heavy atom. The van der Waals surface area contributed by atoms with Crippen molar-refractivity contribution in [1.82, 2.24) is 0 Å². The zero-order valence-corrected chi connectivity index (χ0v) is 11.1. The Kier molecular flexibility index (Phi) is 4.61. The third-order valence-electron chi connectivity index (χ3n) is 2.54. The molecule has 0 saturated carbocycles. The Hall–Kier alpha value is -1.52. The highest BCUT2D eigenvalue weighted by Crippen LogP contribution is 2.25. The molecule has 1 atom stereocenters. The number of aliphatic hydroxyl groups excluding tert-OH is 1. The predicted molar refractivity (Wildman–Crippen MR) is 75.4 cm³/mol. The maximum Gasteiger partial charge on any atom is 0.142 e. The minimum absolute atomic E-state index is 0.477. The molecule has 2 N–H and O–H groups in total. The van der Waals surface area contributed by atoms with E-state index in [4.69, 9.17) is 4.74 Å². The van der Waals surface area contributed by atoms with Gasteiger partial charge >= 0.3 is 0 Å². The highest BCUT2D eigenvalue weighted by atomic mass is 32.1. The summed E-state index contributed by atoms with van der Waals surface area (Å²) in [6.45, 7) is 3.06. The van der Waals surface area contributed by atoms with Crippen LogP contribution in [-0.2, 0) is 0 Å². The summed E-state index contributed by atoms with van der Waals surface area (Å²) in [5.74, 6) is 0.818. The number of hydrogen-bond donors (Lipinski definition) is 2. The van der Waals surface area contributed by atoms with E-state index in [1.54, 1.807) is 11.3 Å². The minimum atomic E-state index is -0.486. The maximum absolute atomic E-state index is 10.00. The molecule has 96 valence electrons. The number of ether oxygens (including phenoxy) is 1. The number of benzene rings is 1. The molecule has 1 unspecified atom stereocenters. The largest absolute Gasteiger partial charge is 0.492 e. The average Bonchev–Trinajstić information content (AvgIpc) is 2.92. The normalized spacial score (nSPS) is 12.1. The summed E-state index contributed by atoms with van der Waals surface area (Å²) in [7, 11) is 0. The van der Waals surface area contributed by atoms with Crippen LogP contribution >= 0.6 is 11.3 Å². The van der Waals surface area contributed by atoms with Crippen LogP contribution in [-0.4, -0.2) is 18.3 Å². The Morgan fingerprint density at radius 2 is 2.11 bits per heavy atom. The Morgan fingerprint density at radius 1 is 1.28 bits per heavy atom. The van der Waals surface area contributed by atoms with Crippen molar-refractivity contribution in [2.45, 2.75) is 13.0 Å². The fourth-order valence-electron chi connectivity index (χ4n) is 1.68. The van der Waals surface area contributed by atoms with Crippen LogP contribution in [0.4, 0.5) is 5.69 Å². The van der Waals surface area contributed by atoms with Gasteiger partial charge in [0.2, 0.25) is 0 Å². The lowest BCUT2D eigenvalue weighted by molar-refractivity contribution is 0.195. The lowest BCUT2D eigenvalue weighted by Crippen LogP contribution is -2.11. The topological polar surface area (TPSA) is 41.5 Å². The van der Waals surface area contributed by atoms with E-state index in [1.165, 1.54) is 0 Å². The lowest BCUT2D eigenvalue weighted by atomic mass is 10.2. The van der Waals surface area contributed by atoms with E-state index >= 15 is 0 Å². The molecule has 0 aliphatic heterocycles. The van der Waals surface area contributed by atoms with Crippen molar-refractivity contribution in [2.24, 2.45) is 0 Å². The number of hydrogen-bond acceptors (Lipinski definition) is 4. The van der Waals surface area contributed by atoms with Gasteiger partial charge in [-0.3, -0.25) is 0 Å². The standard InChI is InChI=1S/C14H17NO2S/c1-2-17-13-7-4-3-6-11(13)15-10-12(16)14-8-5-9-18-14/h3-9,12,15-16H,2,10H2,1H3. The number of thiophene rings is 1. The van der Waals surface area contributed by atoms with Gasteiger partial charge in [0, 0.05) is 11.4 Å². The molecular formula is C14H17NO2S. The van der Waals surface area contributed by atoms with Gasteiger partial charge in [-0.1, -0.05) is 18.2 Å². The van der Waals surface area contributed by atoms with Gasteiger partial charge < -0.3 is 15.2 Å². The van der Waals surface area contributed by atoms with Crippen molar-refractivity contribution in [3.63, 3.8) is 0 Å². The minimum Gasteiger partial charge on any atom is -0.492 e. The maximum atomic E-state index is 10.00. The lowest BCUT2D eigenvalue weighted by Gasteiger charge is -2.14. The van der Waals surface area contributed by atoms with Crippen molar-refractivity contribution < 1.29 is 9.84 Å². The summed E-state index contributed by atoms with van der Waals surface area (Å²) in [6, 6.07) is 11.6. The molecule has 1 heterocycles. The second-order valence-corrected chi connectivity index (χ2v) is 4.82. The van der Waals surface area contributed by atoms with Crippen LogP contribution in [0.5, 0.6) is 5.75 Å². The third kappa shape index (κ3) is 3.24. The molecule has 18 heavy (non-hydrogen) atoms. The van der Waals surface area contributed by atoms with E-state index < -0.39 is 6.10 Å². The molecule has 4 heteroatoms. The molecule has 0 radical (unpaired) electrons. The van der Waals surface area contributed by atoms with E-state index in [9.17, 15) is 5.11 Å². The molecule has 0 saturated heterocycles. The molecule has 2 aromatic rings. The first-order valence-corrected chi connectivity index (χ1v) is 6.86. The molecule has 1 aromatic heterocycles. The first-order valence-electron chi connectivity index (χ1n) is 5.98. The molecule has 0 fully saturated rings. The molecular weight excluding hydrogens is 246 g/mol.